The van der Waals surface area contributed by atoms with Gasteiger partial charge in [0.2, 0.25) is 5.91 Å². The van der Waals surface area contributed by atoms with Crippen molar-refractivity contribution in [3.05, 3.63) is 64.1 Å². The standard InChI is InChI=1S/C21H22BrNO3/c22-17-7-5-16(6-8-17)21(9-11-25-12-10-21)20(24)23-14-18-13-15-3-1-2-4-19(15)26-18/h1-8,18H,9-14H2,(H,23,24). The number of rotatable bonds is 4. The zero-order chi connectivity index (χ0) is 18.0. The van der Waals surface area contributed by atoms with Crippen LogP contribution in [0.15, 0.2) is 53.0 Å². The van der Waals surface area contributed by atoms with E-state index in [1.54, 1.807) is 0 Å². The van der Waals surface area contributed by atoms with Crippen molar-refractivity contribution in [2.24, 2.45) is 0 Å². The number of nitrogens with one attached hydrogen (secondary N) is 1. The molecular formula is C21H22BrNO3. The Morgan fingerprint density at radius 3 is 2.58 bits per heavy atom. The fraction of sp³-hybridized carbons (Fsp3) is 0.381. The van der Waals surface area contributed by atoms with Crippen molar-refractivity contribution in [2.45, 2.75) is 30.8 Å². The highest BCUT2D eigenvalue weighted by molar-refractivity contribution is 9.10. The minimum Gasteiger partial charge on any atom is -0.488 e. The van der Waals surface area contributed by atoms with Crippen molar-refractivity contribution in [1.29, 1.82) is 0 Å². The second-order valence-electron chi connectivity index (χ2n) is 6.96. The van der Waals surface area contributed by atoms with Gasteiger partial charge in [0.05, 0.1) is 12.0 Å². The van der Waals surface area contributed by atoms with Gasteiger partial charge in [-0.2, -0.15) is 0 Å². The molecule has 5 heteroatoms. The molecule has 1 fully saturated rings. The van der Waals surface area contributed by atoms with Crippen LogP contribution < -0.4 is 10.1 Å². The highest BCUT2D eigenvalue weighted by atomic mass is 79.9. The fourth-order valence-corrected chi connectivity index (χ4v) is 4.14. The van der Waals surface area contributed by atoms with E-state index in [2.05, 4.69) is 27.3 Å². The lowest BCUT2D eigenvalue weighted by Crippen LogP contribution is -2.50. The van der Waals surface area contributed by atoms with Gasteiger partial charge in [-0.05, 0) is 42.2 Å². The van der Waals surface area contributed by atoms with Crippen molar-refractivity contribution < 1.29 is 14.3 Å². The predicted octanol–water partition coefficient (Wildman–Crippen LogP) is 3.62. The predicted molar refractivity (Wildman–Crippen MR) is 103 cm³/mol. The van der Waals surface area contributed by atoms with Crippen LogP contribution in [0.25, 0.3) is 0 Å². The summed E-state index contributed by atoms with van der Waals surface area (Å²) in [6.07, 6.45) is 2.24. The van der Waals surface area contributed by atoms with Crippen LogP contribution in [-0.2, 0) is 21.4 Å². The van der Waals surface area contributed by atoms with Crippen LogP contribution in [0.1, 0.15) is 24.0 Å². The van der Waals surface area contributed by atoms with E-state index in [-0.39, 0.29) is 12.0 Å². The zero-order valence-electron chi connectivity index (χ0n) is 14.5. The van der Waals surface area contributed by atoms with E-state index in [1.807, 2.05) is 42.5 Å². The number of hydrogen-bond acceptors (Lipinski definition) is 3. The number of ether oxygens (including phenoxy) is 2. The molecule has 136 valence electrons. The Hall–Kier alpha value is -1.85. The van der Waals surface area contributed by atoms with Gasteiger partial charge in [0, 0.05) is 24.1 Å². The lowest BCUT2D eigenvalue weighted by Gasteiger charge is -2.36. The Bertz CT molecular complexity index is 759. The van der Waals surface area contributed by atoms with Crippen molar-refractivity contribution in [2.75, 3.05) is 19.8 Å². The topological polar surface area (TPSA) is 47.6 Å². The summed E-state index contributed by atoms with van der Waals surface area (Å²) in [5.41, 5.74) is 1.74. The maximum atomic E-state index is 13.2. The minimum atomic E-state index is -0.523. The van der Waals surface area contributed by atoms with E-state index in [9.17, 15) is 4.79 Å². The van der Waals surface area contributed by atoms with E-state index < -0.39 is 5.41 Å². The normalized spacial score (nSPS) is 20.9. The van der Waals surface area contributed by atoms with Gasteiger partial charge in [-0.25, -0.2) is 0 Å². The van der Waals surface area contributed by atoms with Crippen molar-refractivity contribution in [3.8, 4) is 5.75 Å². The van der Waals surface area contributed by atoms with Gasteiger partial charge in [-0.1, -0.05) is 46.3 Å². The first-order chi connectivity index (χ1) is 12.7. The largest absolute Gasteiger partial charge is 0.488 e. The molecule has 2 heterocycles. The number of hydrogen-bond donors (Lipinski definition) is 1. The molecule has 0 spiro atoms. The van der Waals surface area contributed by atoms with Crippen LogP contribution in [0.2, 0.25) is 0 Å². The molecule has 2 aromatic rings. The van der Waals surface area contributed by atoms with Gasteiger partial charge in [0.1, 0.15) is 11.9 Å². The second-order valence-corrected chi connectivity index (χ2v) is 7.88. The van der Waals surface area contributed by atoms with Gasteiger partial charge < -0.3 is 14.8 Å². The van der Waals surface area contributed by atoms with E-state index >= 15 is 0 Å². The molecule has 1 unspecified atom stereocenters. The summed E-state index contributed by atoms with van der Waals surface area (Å²) in [6.45, 7) is 1.73. The van der Waals surface area contributed by atoms with Crippen LogP contribution in [0, 0.1) is 0 Å². The van der Waals surface area contributed by atoms with Crippen molar-refractivity contribution in [1.82, 2.24) is 5.32 Å². The van der Waals surface area contributed by atoms with E-state index in [0.29, 0.717) is 32.6 Å². The average Bonchev–Trinajstić information content (AvgIpc) is 3.10. The molecule has 0 saturated carbocycles. The molecular weight excluding hydrogens is 394 g/mol. The summed E-state index contributed by atoms with van der Waals surface area (Å²) in [6, 6.07) is 16.1. The Morgan fingerprint density at radius 2 is 1.85 bits per heavy atom. The van der Waals surface area contributed by atoms with Crippen molar-refractivity contribution in [3.63, 3.8) is 0 Å². The first-order valence-corrected chi connectivity index (χ1v) is 9.83. The third-order valence-electron chi connectivity index (χ3n) is 5.38. The van der Waals surface area contributed by atoms with Crippen LogP contribution in [-0.4, -0.2) is 31.8 Å². The summed E-state index contributed by atoms with van der Waals surface area (Å²) in [5.74, 6) is 1.00. The summed E-state index contributed by atoms with van der Waals surface area (Å²) in [4.78, 5) is 13.2. The van der Waals surface area contributed by atoms with Crippen LogP contribution in [0.5, 0.6) is 5.75 Å². The maximum Gasteiger partial charge on any atom is 0.230 e. The molecule has 1 atom stereocenters. The molecule has 2 aromatic carbocycles. The number of halogens is 1. The average molecular weight is 416 g/mol. The summed E-state index contributed by atoms with van der Waals surface area (Å²) in [7, 11) is 0. The molecule has 2 aliphatic rings. The third kappa shape index (κ3) is 3.38. The molecule has 26 heavy (non-hydrogen) atoms. The summed E-state index contributed by atoms with van der Waals surface area (Å²) in [5, 5.41) is 3.15. The Balaban J connectivity index is 1.46. The lowest BCUT2D eigenvalue weighted by atomic mass is 9.73. The van der Waals surface area contributed by atoms with Gasteiger partial charge >= 0.3 is 0 Å². The Morgan fingerprint density at radius 1 is 1.12 bits per heavy atom. The third-order valence-corrected chi connectivity index (χ3v) is 5.91. The van der Waals surface area contributed by atoms with E-state index in [4.69, 9.17) is 9.47 Å². The minimum absolute atomic E-state index is 0.00171. The van der Waals surface area contributed by atoms with Crippen molar-refractivity contribution >= 4 is 21.8 Å². The van der Waals surface area contributed by atoms with Gasteiger partial charge in [-0.3, -0.25) is 4.79 Å². The molecule has 1 N–H and O–H groups in total. The number of amides is 1. The Kier molecular flexibility index (Phi) is 5.00. The second kappa shape index (κ2) is 7.41. The first-order valence-electron chi connectivity index (χ1n) is 9.04. The van der Waals surface area contributed by atoms with Gasteiger partial charge in [0.25, 0.3) is 0 Å². The van der Waals surface area contributed by atoms with Gasteiger partial charge in [-0.15, -0.1) is 0 Å². The zero-order valence-corrected chi connectivity index (χ0v) is 16.1. The van der Waals surface area contributed by atoms with E-state index in [1.165, 1.54) is 5.56 Å². The molecule has 4 rings (SSSR count). The quantitative estimate of drug-likeness (QED) is 0.829. The molecule has 0 bridgehead atoms. The fourth-order valence-electron chi connectivity index (χ4n) is 3.88. The number of fused-ring (bicyclic) bond motifs is 1. The first kappa shape index (κ1) is 17.6. The number of carbonyl (C=O) groups excluding carboxylic acids is 1. The monoisotopic (exact) mass is 415 g/mol. The van der Waals surface area contributed by atoms with Crippen LogP contribution >= 0.6 is 15.9 Å². The number of carbonyl (C=O) groups is 1. The smallest absolute Gasteiger partial charge is 0.230 e. The number of para-hydroxylation sites is 1. The highest BCUT2D eigenvalue weighted by Crippen LogP contribution is 2.36. The molecule has 1 amide bonds. The summed E-state index contributed by atoms with van der Waals surface area (Å²) >= 11 is 3.47. The highest BCUT2D eigenvalue weighted by Gasteiger charge is 2.42. The van der Waals surface area contributed by atoms with Crippen LogP contribution in [0.3, 0.4) is 0 Å². The van der Waals surface area contributed by atoms with Crippen LogP contribution in [0.4, 0.5) is 0 Å². The van der Waals surface area contributed by atoms with E-state index in [0.717, 1.165) is 22.2 Å². The summed E-state index contributed by atoms with van der Waals surface area (Å²) < 4.78 is 12.5. The molecule has 0 aliphatic carbocycles. The molecule has 2 aliphatic heterocycles. The Labute approximate surface area is 162 Å². The number of benzene rings is 2. The molecule has 4 nitrogen and oxygen atoms in total. The lowest BCUT2D eigenvalue weighted by molar-refractivity contribution is -0.130. The van der Waals surface area contributed by atoms with Gasteiger partial charge in [0.15, 0.2) is 0 Å². The maximum absolute atomic E-state index is 13.2. The molecule has 1 saturated heterocycles. The SMILES string of the molecule is O=C(NCC1Cc2ccccc2O1)C1(c2ccc(Br)cc2)CCOCC1. The molecule has 0 aromatic heterocycles. The molecule has 0 radical (unpaired) electrons.